The quantitative estimate of drug-likeness (QED) is 0.160. The van der Waals surface area contributed by atoms with Crippen LogP contribution in [0.4, 0.5) is 0 Å². The first-order valence-electron chi connectivity index (χ1n) is 12.9. The maximum atomic E-state index is 12.3. The second-order valence-electron chi connectivity index (χ2n) is 9.74. The van der Waals surface area contributed by atoms with Crippen LogP contribution < -0.4 is 10.4 Å². The first kappa shape index (κ1) is 27.7. The van der Waals surface area contributed by atoms with Crippen LogP contribution in [-0.4, -0.2) is 31.0 Å². The summed E-state index contributed by atoms with van der Waals surface area (Å²) in [5, 5.41) is 5.87. The Hall–Kier alpha value is -3.81. The first-order valence-corrected chi connectivity index (χ1v) is 13.7. The Morgan fingerprint density at radius 3 is 2.38 bits per heavy atom. The molecule has 1 aliphatic heterocycles. The largest absolute Gasteiger partial charge is 0.493 e. The fourth-order valence-electron chi connectivity index (χ4n) is 4.80. The minimum Gasteiger partial charge on any atom is -0.493 e. The zero-order valence-corrected chi connectivity index (χ0v) is 23.7. The van der Waals surface area contributed by atoms with Gasteiger partial charge in [0.25, 0.3) is 0 Å². The molecule has 2 heterocycles. The lowest BCUT2D eigenvalue weighted by Gasteiger charge is -2.23. The van der Waals surface area contributed by atoms with E-state index in [2.05, 4.69) is 19.0 Å². The van der Waals surface area contributed by atoms with Gasteiger partial charge in [0, 0.05) is 17.0 Å². The van der Waals surface area contributed by atoms with Crippen molar-refractivity contribution in [3.63, 3.8) is 0 Å². The zero-order chi connectivity index (χ0) is 28.4. The number of halogens is 2. The molecule has 0 bridgehead atoms. The van der Waals surface area contributed by atoms with Gasteiger partial charge in [-0.3, -0.25) is 0 Å². The van der Waals surface area contributed by atoms with E-state index in [1.165, 1.54) is 0 Å². The van der Waals surface area contributed by atoms with E-state index in [4.69, 9.17) is 41.9 Å². The lowest BCUT2D eigenvalue weighted by molar-refractivity contribution is 0.0178. The topological polar surface area (TPSA) is 87.3 Å². The van der Waals surface area contributed by atoms with Crippen LogP contribution in [-0.2, 0) is 9.57 Å². The molecule has 5 rings (SSSR count). The van der Waals surface area contributed by atoms with Gasteiger partial charge < -0.3 is 18.7 Å². The molecule has 0 N–H and O–H groups in total. The molecule has 0 saturated heterocycles. The molecule has 1 aromatic heterocycles. The molecule has 9 heteroatoms. The zero-order valence-electron chi connectivity index (χ0n) is 22.1. The number of fused-ring (bicyclic) bond motifs is 1. The van der Waals surface area contributed by atoms with E-state index in [1.807, 2.05) is 30.3 Å². The maximum Gasteiger partial charge on any atom is 0.339 e. The van der Waals surface area contributed by atoms with Gasteiger partial charge in [-0.25, -0.2) is 9.59 Å². The Bertz CT molecular complexity index is 1620. The molecule has 0 saturated carbocycles. The smallest absolute Gasteiger partial charge is 0.339 e. The van der Waals surface area contributed by atoms with Crippen LogP contribution in [0.5, 0.6) is 5.75 Å². The Balaban J connectivity index is 1.36. The summed E-state index contributed by atoms with van der Waals surface area (Å²) in [7, 11) is 0. The lowest BCUT2D eigenvalue weighted by atomic mass is 9.87. The minimum absolute atomic E-state index is 0.172. The Morgan fingerprint density at radius 1 is 1.00 bits per heavy atom. The highest BCUT2D eigenvalue weighted by Gasteiger charge is 2.39. The minimum atomic E-state index is -0.618. The number of hydrogen-bond donors (Lipinski definition) is 0. The van der Waals surface area contributed by atoms with Gasteiger partial charge in [0.2, 0.25) is 0 Å². The molecule has 4 aromatic rings. The van der Waals surface area contributed by atoms with Gasteiger partial charge in [-0.2, -0.15) is 0 Å². The molecule has 0 spiro atoms. The normalized spacial score (nSPS) is 16.6. The highest BCUT2D eigenvalue weighted by Crippen LogP contribution is 2.35. The molecule has 206 valence electrons. The SMILES string of the molecule is CCOC(=O)c1cc(=O)oc2cc(-c3ccc(OCC4C(c5c(Cl)cccc5Cl)=NOC4C(C)C)cc3)ccc12. The lowest BCUT2D eigenvalue weighted by Crippen LogP contribution is -2.33. The molecule has 2 atom stereocenters. The van der Waals surface area contributed by atoms with Crippen LogP contribution in [0.25, 0.3) is 22.1 Å². The van der Waals surface area contributed by atoms with Gasteiger partial charge in [0.05, 0.1) is 28.1 Å². The summed E-state index contributed by atoms with van der Waals surface area (Å²) in [6.07, 6.45) is -0.187. The van der Waals surface area contributed by atoms with E-state index in [9.17, 15) is 9.59 Å². The number of hydrogen-bond acceptors (Lipinski definition) is 7. The molecule has 1 aliphatic rings. The highest BCUT2D eigenvalue weighted by atomic mass is 35.5. The number of ether oxygens (including phenoxy) is 2. The van der Waals surface area contributed by atoms with Crippen molar-refractivity contribution in [2.75, 3.05) is 13.2 Å². The molecule has 2 unspecified atom stereocenters. The molecule has 0 amide bonds. The summed E-state index contributed by atoms with van der Waals surface area (Å²) in [4.78, 5) is 30.2. The van der Waals surface area contributed by atoms with E-state index in [1.54, 1.807) is 37.3 Å². The standard InChI is InChI=1S/C31H27Cl2NO6/c1-4-37-31(36)22-15-27(35)39-26-14-19(10-13-21(22)26)18-8-11-20(12-9-18)38-16-23-29(34-40-30(23)17(2)3)28-24(32)6-5-7-25(28)33/h5-15,17,23,30H,4,16H2,1-3H3. The van der Waals surface area contributed by atoms with Crippen LogP contribution in [0.2, 0.25) is 10.0 Å². The summed E-state index contributed by atoms with van der Waals surface area (Å²) in [5.41, 5.74) is 2.90. The number of benzene rings is 3. The monoisotopic (exact) mass is 579 g/mol. The number of carbonyl (C=O) groups is 1. The predicted molar refractivity (Wildman–Crippen MR) is 156 cm³/mol. The number of carbonyl (C=O) groups excluding carboxylic acids is 1. The average molecular weight is 580 g/mol. The fraction of sp³-hybridized carbons (Fsp3) is 0.258. The third-order valence-corrected chi connectivity index (χ3v) is 7.38. The van der Waals surface area contributed by atoms with E-state index < -0.39 is 11.6 Å². The predicted octanol–water partition coefficient (Wildman–Crippen LogP) is 7.40. The highest BCUT2D eigenvalue weighted by molar-refractivity contribution is 6.40. The fourth-order valence-corrected chi connectivity index (χ4v) is 5.39. The third kappa shape index (κ3) is 5.58. The van der Waals surface area contributed by atoms with Crippen LogP contribution in [0.1, 0.15) is 36.7 Å². The van der Waals surface area contributed by atoms with Crippen molar-refractivity contribution in [2.45, 2.75) is 26.9 Å². The van der Waals surface area contributed by atoms with Crippen molar-refractivity contribution < 1.29 is 23.5 Å². The number of rotatable bonds is 8. The summed E-state index contributed by atoms with van der Waals surface area (Å²) in [6, 6.07) is 19.4. The van der Waals surface area contributed by atoms with Crippen molar-refractivity contribution in [2.24, 2.45) is 17.0 Å². The van der Waals surface area contributed by atoms with Crippen molar-refractivity contribution in [3.8, 4) is 16.9 Å². The molecular formula is C31H27Cl2NO6. The first-order chi connectivity index (χ1) is 19.3. The van der Waals surface area contributed by atoms with Crippen molar-refractivity contribution in [1.29, 1.82) is 0 Å². The van der Waals surface area contributed by atoms with Gasteiger partial charge in [-0.15, -0.1) is 0 Å². The van der Waals surface area contributed by atoms with Gasteiger partial charge in [-0.1, -0.05) is 66.5 Å². The van der Waals surface area contributed by atoms with Crippen LogP contribution in [0.3, 0.4) is 0 Å². The summed E-state index contributed by atoms with van der Waals surface area (Å²) in [6.45, 7) is 6.38. The molecule has 7 nitrogen and oxygen atoms in total. The third-order valence-electron chi connectivity index (χ3n) is 6.75. The molecule has 0 fully saturated rings. The Morgan fingerprint density at radius 2 is 1.70 bits per heavy atom. The van der Waals surface area contributed by atoms with E-state index in [0.29, 0.717) is 44.6 Å². The molecule has 0 aliphatic carbocycles. The van der Waals surface area contributed by atoms with Gasteiger partial charge in [0.1, 0.15) is 29.8 Å². The average Bonchev–Trinajstić information content (AvgIpc) is 3.35. The second kappa shape index (κ2) is 11.7. The van der Waals surface area contributed by atoms with Crippen molar-refractivity contribution in [3.05, 3.63) is 98.3 Å². The summed E-state index contributed by atoms with van der Waals surface area (Å²) >= 11 is 12.9. The van der Waals surface area contributed by atoms with Gasteiger partial charge in [-0.05, 0) is 60.4 Å². The van der Waals surface area contributed by atoms with Crippen LogP contribution >= 0.6 is 23.2 Å². The van der Waals surface area contributed by atoms with Crippen molar-refractivity contribution >= 4 is 45.9 Å². The van der Waals surface area contributed by atoms with Gasteiger partial charge in [0.15, 0.2) is 0 Å². The second-order valence-corrected chi connectivity index (χ2v) is 10.6. The van der Waals surface area contributed by atoms with E-state index in [0.717, 1.165) is 17.2 Å². The number of esters is 1. The Kier molecular flexibility index (Phi) is 8.14. The van der Waals surface area contributed by atoms with Crippen molar-refractivity contribution in [1.82, 2.24) is 0 Å². The van der Waals surface area contributed by atoms with Crippen LogP contribution in [0.15, 0.2) is 81.1 Å². The Labute approximate surface area is 241 Å². The van der Waals surface area contributed by atoms with Gasteiger partial charge >= 0.3 is 11.6 Å². The van der Waals surface area contributed by atoms with E-state index >= 15 is 0 Å². The summed E-state index contributed by atoms with van der Waals surface area (Å²) in [5.74, 6) is 0.122. The molecule has 40 heavy (non-hydrogen) atoms. The molecule has 0 radical (unpaired) electrons. The van der Waals surface area contributed by atoms with Crippen LogP contribution in [0, 0.1) is 11.8 Å². The van der Waals surface area contributed by atoms with E-state index in [-0.39, 0.29) is 30.1 Å². The maximum absolute atomic E-state index is 12.3. The number of oxime groups is 1. The molecule has 3 aromatic carbocycles. The summed E-state index contributed by atoms with van der Waals surface area (Å²) < 4.78 is 16.6. The molecular weight excluding hydrogens is 553 g/mol. The number of nitrogens with zero attached hydrogens (tertiary/aromatic N) is 1.